The van der Waals surface area contributed by atoms with Gasteiger partial charge in [0.05, 0.1) is 0 Å². The Bertz CT molecular complexity index is 2280. The minimum Gasteiger partial charge on any atom is -0.147 e. The topological polar surface area (TPSA) is 0 Å². The summed E-state index contributed by atoms with van der Waals surface area (Å²) in [5.41, 5.74) is 15.1. The summed E-state index contributed by atoms with van der Waals surface area (Å²) in [6.45, 7) is 19.0. The van der Waals surface area contributed by atoms with Crippen LogP contribution in [0.3, 0.4) is 0 Å². The predicted molar refractivity (Wildman–Crippen MR) is 236 cm³/mol. The fraction of sp³-hybridized carbons (Fsp3) is 0.250. The zero-order valence-corrected chi connectivity index (χ0v) is 37.6. The molecule has 0 aliphatic heterocycles. The van der Waals surface area contributed by atoms with E-state index in [0.29, 0.717) is 0 Å². The Balaban J connectivity index is 0.00000271. The first kappa shape index (κ1) is 41.5. The van der Waals surface area contributed by atoms with Crippen LogP contribution in [0.15, 0.2) is 124 Å². The van der Waals surface area contributed by atoms with E-state index in [2.05, 4.69) is 154 Å². The van der Waals surface area contributed by atoms with E-state index < -0.39 is 19.3 Å². The normalized spacial score (nSPS) is 14.9. The predicted octanol–water partition coefficient (Wildman–Crippen LogP) is 13.5. The number of halogens is 4. The molecule has 1 atom stereocenters. The van der Waals surface area contributed by atoms with Gasteiger partial charge in [0.1, 0.15) is 0 Å². The molecule has 5 heteroatoms. The molecule has 5 aromatic carbocycles. The summed E-state index contributed by atoms with van der Waals surface area (Å²) in [5.74, 6) is 0.267. The summed E-state index contributed by atoms with van der Waals surface area (Å²) >= 11 is 8.89. The minimum atomic E-state index is -4.16. The Kier molecular flexibility index (Phi) is 12.4. The van der Waals surface area contributed by atoms with Gasteiger partial charge in [-0.15, -0.1) is 24.8 Å². The Morgan fingerprint density at radius 2 is 1.21 bits per heavy atom. The number of rotatable bonds is 5. The summed E-state index contributed by atoms with van der Waals surface area (Å²) in [5, 5.41) is 1.52. The maximum atomic E-state index is 6.53. The molecule has 0 nitrogen and oxygen atoms in total. The van der Waals surface area contributed by atoms with Crippen molar-refractivity contribution in [2.24, 2.45) is 5.92 Å². The van der Waals surface area contributed by atoms with Gasteiger partial charge in [-0.05, 0) is 0 Å². The fourth-order valence-electron chi connectivity index (χ4n) is 8.52. The Morgan fingerprint density at radius 1 is 0.660 bits per heavy atom. The van der Waals surface area contributed by atoms with E-state index in [-0.39, 0.29) is 41.6 Å². The molecule has 0 fully saturated rings. The van der Waals surface area contributed by atoms with Crippen molar-refractivity contribution in [1.29, 1.82) is 0 Å². The quantitative estimate of drug-likeness (QED) is 0.162. The van der Waals surface area contributed by atoms with Crippen molar-refractivity contribution >= 4 is 64.3 Å². The summed E-state index contributed by atoms with van der Waals surface area (Å²) in [7, 11) is 0. The van der Waals surface area contributed by atoms with Gasteiger partial charge in [-0.1, -0.05) is 0 Å². The largest absolute Gasteiger partial charge is 0.147 e. The van der Waals surface area contributed by atoms with Crippen LogP contribution in [0.1, 0.15) is 94.3 Å². The molecule has 0 amide bonds. The van der Waals surface area contributed by atoms with Crippen molar-refractivity contribution in [3.8, 4) is 11.1 Å². The van der Waals surface area contributed by atoms with Crippen molar-refractivity contribution in [2.75, 3.05) is 0 Å². The third kappa shape index (κ3) is 8.04. The van der Waals surface area contributed by atoms with E-state index >= 15 is 0 Å². The molecule has 7 rings (SSSR count). The number of hydrogen-bond donors (Lipinski definition) is 0. The Hall–Kier alpha value is -2.64. The van der Waals surface area contributed by atoms with Crippen molar-refractivity contribution in [1.82, 2.24) is 0 Å². The first-order valence-electron chi connectivity index (χ1n) is 18.2. The van der Waals surface area contributed by atoms with Crippen LogP contribution in [0, 0.1) is 5.92 Å². The van der Waals surface area contributed by atoms with Gasteiger partial charge in [0.25, 0.3) is 0 Å². The summed E-state index contributed by atoms with van der Waals surface area (Å²) < 4.78 is 8.66. The third-order valence-corrected chi connectivity index (χ3v) is 23.0. The molecule has 0 aromatic heterocycles. The smallest absolute Gasteiger partial charge is 0.147 e. The third-order valence-electron chi connectivity index (χ3n) is 10.9. The van der Waals surface area contributed by atoms with Crippen molar-refractivity contribution < 1.29 is 19.3 Å². The van der Waals surface area contributed by atoms with Gasteiger partial charge in [-0.2, -0.15) is 0 Å². The second-order valence-corrected chi connectivity index (χ2v) is 25.7. The van der Waals surface area contributed by atoms with Crippen LogP contribution in [0.4, 0.5) is 0 Å². The zero-order valence-electron chi connectivity index (χ0n) is 32.0. The van der Waals surface area contributed by atoms with Gasteiger partial charge in [-0.25, -0.2) is 0 Å². The number of hydrogen-bond acceptors (Lipinski definition) is 0. The van der Waals surface area contributed by atoms with Crippen molar-refractivity contribution in [2.45, 2.75) is 72.6 Å². The van der Waals surface area contributed by atoms with E-state index in [9.17, 15) is 0 Å². The second-order valence-electron chi connectivity index (χ2n) is 16.6. The molecule has 0 spiro atoms. The standard InChI is InChI=1S/C21H25.C13H13.2C7H5Cl.2ClH.Zr/c1-20(2,3)16-7-9-18-14(12-16)11-15-13-17(21(4,5)6)8-10-19(15)18;1-10-8-11(2)13(9-10)12-6-4-3-5-7-12;2*1-6-2-4-7(8)5-3-6;;;/h7-10,12H,11H2,1-6H3;3-7,9-10H,1-2H3;2*1-5H;2*1H;. The van der Waals surface area contributed by atoms with Crippen LogP contribution in [-0.2, 0) is 36.5 Å². The number of benzene rings is 5. The molecule has 2 aliphatic carbocycles. The molecule has 0 saturated heterocycles. The van der Waals surface area contributed by atoms with Gasteiger partial charge in [0, 0.05) is 0 Å². The molecule has 0 saturated carbocycles. The first-order chi connectivity index (χ1) is 24.2. The van der Waals surface area contributed by atoms with E-state index in [0.717, 1.165) is 16.5 Å². The van der Waals surface area contributed by atoms with Crippen LogP contribution >= 0.6 is 48.0 Å². The average molecular weight is 860 g/mol. The summed E-state index contributed by atoms with van der Waals surface area (Å²) in [6.07, 6.45) is 3.47. The summed E-state index contributed by atoms with van der Waals surface area (Å²) in [4.78, 5) is 0. The van der Waals surface area contributed by atoms with Crippen molar-refractivity contribution in [3.63, 3.8) is 0 Å². The SMILES string of the molecule is CC1=[C]([Zr](=[CH]c2ccc(Cl)cc2)(=[CH]c2ccc(Cl)cc2)[c]2c(C(C)(C)C)ccc3c2Cc2cc(C(C)(C)C)ccc2-3)C(C)C=C1c1ccccc1.Cl.Cl. The van der Waals surface area contributed by atoms with E-state index in [4.69, 9.17) is 23.2 Å². The van der Waals surface area contributed by atoms with E-state index in [1.54, 1.807) is 6.55 Å². The van der Waals surface area contributed by atoms with Gasteiger partial charge in [0.2, 0.25) is 0 Å². The van der Waals surface area contributed by atoms with Crippen molar-refractivity contribution in [3.05, 3.63) is 173 Å². The molecule has 5 aromatic rings. The molecule has 0 radical (unpaired) electrons. The molecule has 0 N–H and O–H groups in total. The van der Waals surface area contributed by atoms with Gasteiger partial charge >= 0.3 is 322 Å². The molecule has 0 heterocycles. The molecule has 0 bridgehead atoms. The first-order valence-corrected chi connectivity index (χ1v) is 24.2. The maximum Gasteiger partial charge on any atom is -0.147 e. The molecular weight excluding hydrogens is 810 g/mol. The van der Waals surface area contributed by atoms with Crippen LogP contribution in [0.5, 0.6) is 0 Å². The van der Waals surface area contributed by atoms with E-state index in [1.165, 1.54) is 61.2 Å². The maximum absolute atomic E-state index is 6.53. The van der Waals surface area contributed by atoms with E-state index in [1.807, 2.05) is 24.3 Å². The van der Waals surface area contributed by atoms with Crippen LogP contribution in [-0.4, -0.2) is 7.42 Å². The fourth-order valence-corrected chi connectivity index (χ4v) is 22.6. The average Bonchev–Trinajstić information content (AvgIpc) is 3.61. The number of allylic oxidation sites excluding steroid dienone is 4. The molecule has 1 unspecified atom stereocenters. The Labute approximate surface area is 343 Å². The molecule has 2 aliphatic rings. The Morgan fingerprint density at radius 3 is 1.74 bits per heavy atom. The van der Waals surface area contributed by atoms with Crippen LogP contribution < -0.4 is 3.27 Å². The van der Waals surface area contributed by atoms with Crippen LogP contribution in [0.2, 0.25) is 10.0 Å². The minimum absolute atomic E-state index is 0. The zero-order chi connectivity index (χ0) is 36.3. The molecule has 53 heavy (non-hydrogen) atoms. The second kappa shape index (κ2) is 15.8. The van der Waals surface area contributed by atoms with Gasteiger partial charge < -0.3 is 0 Å². The molecule has 274 valence electrons. The molecular formula is C48H50Cl4Zr. The monoisotopic (exact) mass is 856 g/mol. The van der Waals surface area contributed by atoms with Gasteiger partial charge in [0.15, 0.2) is 0 Å². The summed E-state index contributed by atoms with van der Waals surface area (Å²) in [6, 6.07) is 40.1. The van der Waals surface area contributed by atoms with Crippen LogP contribution in [0.25, 0.3) is 16.7 Å². The van der Waals surface area contributed by atoms with Gasteiger partial charge in [-0.3, -0.25) is 0 Å². The number of fused-ring (bicyclic) bond motifs is 3.